The van der Waals surface area contributed by atoms with Crippen LogP contribution >= 0.6 is 12.4 Å². The second-order valence-corrected chi connectivity index (χ2v) is 11.9. The van der Waals surface area contributed by atoms with E-state index in [4.69, 9.17) is 4.74 Å². The number of carbonyl (C=O) groups is 1. The van der Waals surface area contributed by atoms with Gasteiger partial charge in [-0.1, -0.05) is 142 Å². The molecule has 0 aliphatic carbocycles. The third kappa shape index (κ3) is 17.5. The lowest BCUT2D eigenvalue weighted by molar-refractivity contribution is -0.148. The quantitative estimate of drug-likeness (QED) is 0.107. The molecule has 38 heavy (non-hydrogen) atoms. The zero-order valence-electron chi connectivity index (χ0n) is 25.8. The van der Waals surface area contributed by atoms with Gasteiger partial charge in [-0.2, -0.15) is 0 Å². The summed E-state index contributed by atoms with van der Waals surface area (Å²) >= 11 is 0. The number of nitrogens with zero attached hydrogens (tertiary/aromatic N) is 1. The van der Waals surface area contributed by atoms with Crippen LogP contribution in [0.25, 0.3) is 0 Å². The molecule has 5 heteroatoms. The van der Waals surface area contributed by atoms with Crippen molar-refractivity contribution in [3.05, 3.63) is 0 Å². The van der Waals surface area contributed by atoms with Gasteiger partial charge in [-0.3, -0.25) is 9.69 Å². The van der Waals surface area contributed by atoms with Gasteiger partial charge in [0, 0.05) is 25.6 Å². The standard InChI is InChI=1S/C33H65NO3.ClH/c1-4-6-8-10-12-14-15-16-18-20-22-24-26-33(36,31(3)34-27-29-37-30-28-34)32(35)25-23-21-19-17-13-11-9-7-5-2;/h31,36H,4-30H2,1-3H3;1H. The van der Waals surface area contributed by atoms with E-state index in [0.29, 0.717) is 26.1 Å². The lowest BCUT2D eigenvalue weighted by Crippen LogP contribution is -2.58. The van der Waals surface area contributed by atoms with Crippen LogP contribution in [0.1, 0.15) is 168 Å². The molecule has 1 fully saturated rings. The van der Waals surface area contributed by atoms with Crippen LogP contribution < -0.4 is 0 Å². The Bertz CT molecular complexity index is 526. The van der Waals surface area contributed by atoms with Crippen molar-refractivity contribution < 1.29 is 14.6 Å². The van der Waals surface area contributed by atoms with Crippen LogP contribution in [-0.2, 0) is 9.53 Å². The first-order chi connectivity index (χ1) is 18.1. The highest BCUT2D eigenvalue weighted by molar-refractivity contribution is 5.87. The average Bonchev–Trinajstić information content (AvgIpc) is 2.92. The summed E-state index contributed by atoms with van der Waals surface area (Å²) in [5.41, 5.74) is -1.21. The largest absolute Gasteiger partial charge is 0.380 e. The highest BCUT2D eigenvalue weighted by Crippen LogP contribution is 2.28. The van der Waals surface area contributed by atoms with Crippen molar-refractivity contribution >= 4 is 18.2 Å². The predicted molar refractivity (Wildman–Crippen MR) is 167 cm³/mol. The minimum atomic E-state index is -1.21. The molecule has 0 amide bonds. The van der Waals surface area contributed by atoms with E-state index in [1.165, 1.54) is 109 Å². The van der Waals surface area contributed by atoms with Gasteiger partial charge in [0.15, 0.2) is 5.78 Å². The first kappa shape index (κ1) is 37.8. The molecule has 1 aliphatic rings. The summed E-state index contributed by atoms with van der Waals surface area (Å²) in [4.78, 5) is 15.7. The van der Waals surface area contributed by atoms with Crippen LogP contribution in [0.15, 0.2) is 0 Å². The number of halogens is 1. The molecule has 0 saturated carbocycles. The number of hydrogen-bond acceptors (Lipinski definition) is 4. The van der Waals surface area contributed by atoms with Crippen LogP contribution in [0.4, 0.5) is 0 Å². The second kappa shape index (κ2) is 25.8. The SMILES string of the molecule is CCCCCCCCCCCCCCC(O)(C(=O)CCCCCCCCCCC)C(C)N1CCOCC1.Cl. The van der Waals surface area contributed by atoms with Crippen molar-refractivity contribution in [3.63, 3.8) is 0 Å². The van der Waals surface area contributed by atoms with E-state index >= 15 is 0 Å². The Morgan fingerprint density at radius 3 is 1.47 bits per heavy atom. The van der Waals surface area contributed by atoms with E-state index in [-0.39, 0.29) is 24.2 Å². The Balaban J connectivity index is 0.0000137. The van der Waals surface area contributed by atoms with Gasteiger partial charge in [0.05, 0.1) is 13.2 Å². The third-order valence-corrected chi connectivity index (χ3v) is 8.69. The lowest BCUT2D eigenvalue weighted by atomic mass is 9.82. The number of morpholine rings is 1. The molecule has 0 spiro atoms. The number of hydrogen-bond donors (Lipinski definition) is 1. The van der Waals surface area contributed by atoms with Gasteiger partial charge in [-0.15, -0.1) is 12.4 Å². The zero-order valence-corrected chi connectivity index (χ0v) is 26.6. The van der Waals surface area contributed by atoms with Crippen molar-refractivity contribution in [3.8, 4) is 0 Å². The van der Waals surface area contributed by atoms with Crippen LogP contribution in [0, 0.1) is 0 Å². The molecule has 0 aromatic rings. The average molecular weight is 560 g/mol. The van der Waals surface area contributed by atoms with Crippen molar-refractivity contribution in [2.75, 3.05) is 26.3 Å². The maximum Gasteiger partial charge on any atom is 0.165 e. The summed E-state index contributed by atoms with van der Waals surface area (Å²) < 4.78 is 5.53. The van der Waals surface area contributed by atoms with Crippen LogP contribution in [0.3, 0.4) is 0 Å². The summed E-state index contributed by atoms with van der Waals surface area (Å²) in [7, 11) is 0. The number of rotatable bonds is 26. The molecule has 1 rings (SSSR count). The van der Waals surface area contributed by atoms with Gasteiger partial charge in [0.25, 0.3) is 0 Å². The van der Waals surface area contributed by atoms with Crippen molar-refractivity contribution in [2.45, 2.75) is 180 Å². The fourth-order valence-electron chi connectivity index (χ4n) is 5.90. The molecule has 0 aromatic carbocycles. The fourth-order valence-corrected chi connectivity index (χ4v) is 5.90. The highest BCUT2D eigenvalue weighted by atomic mass is 35.5. The highest BCUT2D eigenvalue weighted by Gasteiger charge is 2.43. The summed E-state index contributed by atoms with van der Waals surface area (Å²) in [5, 5.41) is 11.8. The van der Waals surface area contributed by atoms with Gasteiger partial charge < -0.3 is 9.84 Å². The Morgan fingerprint density at radius 2 is 1.05 bits per heavy atom. The van der Waals surface area contributed by atoms with Gasteiger partial charge in [0.2, 0.25) is 0 Å². The molecule has 0 radical (unpaired) electrons. The Hall–Kier alpha value is -0.160. The normalized spacial score (nSPS) is 16.6. The van der Waals surface area contributed by atoms with Gasteiger partial charge in [-0.25, -0.2) is 0 Å². The topological polar surface area (TPSA) is 49.8 Å². The van der Waals surface area contributed by atoms with E-state index in [1.807, 2.05) is 0 Å². The monoisotopic (exact) mass is 559 g/mol. The molecule has 1 heterocycles. The third-order valence-electron chi connectivity index (χ3n) is 8.69. The molecule has 0 bridgehead atoms. The molecule has 0 aromatic heterocycles. The van der Waals surface area contributed by atoms with E-state index in [0.717, 1.165) is 38.8 Å². The van der Waals surface area contributed by atoms with Crippen LogP contribution in [-0.4, -0.2) is 53.7 Å². The molecular weight excluding hydrogens is 494 g/mol. The smallest absolute Gasteiger partial charge is 0.165 e. The molecule has 1 aliphatic heterocycles. The summed E-state index contributed by atoms with van der Waals surface area (Å²) in [6.07, 6.45) is 27.9. The molecule has 1 saturated heterocycles. The fraction of sp³-hybridized carbons (Fsp3) is 0.970. The van der Waals surface area contributed by atoms with E-state index in [9.17, 15) is 9.90 Å². The van der Waals surface area contributed by atoms with Gasteiger partial charge in [0.1, 0.15) is 5.60 Å². The summed E-state index contributed by atoms with van der Waals surface area (Å²) in [6.45, 7) is 9.63. The van der Waals surface area contributed by atoms with E-state index in [1.54, 1.807) is 0 Å². The van der Waals surface area contributed by atoms with Gasteiger partial charge >= 0.3 is 0 Å². The predicted octanol–water partition coefficient (Wildman–Crippen LogP) is 9.44. The first-order valence-corrected chi connectivity index (χ1v) is 16.6. The van der Waals surface area contributed by atoms with E-state index in [2.05, 4.69) is 25.7 Å². The molecular formula is C33H66ClNO3. The first-order valence-electron chi connectivity index (χ1n) is 16.6. The minimum absolute atomic E-state index is 0. The van der Waals surface area contributed by atoms with Crippen molar-refractivity contribution in [1.29, 1.82) is 0 Å². The van der Waals surface area contributed by atoms with Crippen LogP contribution in [0.2, 0.25) is 0 Å². The number of unbranched alkanes of at least 4 members (excludes halogenated alkanes) is 19. The van der Waals surface area contributed by atoms with Crippen molar-refractivity contribution in [1.82, 2.24) is 4.90 Å². The number of aliphatic hydroxyl groups is 1. The molecule has 228 valence electrons. The zero-order chi connectivity index (χ0) is 27.0. The number of carbonyl (C=O) groups excluding carboxylic acids is 1. The van der Waals surface area contributed by atoms with Gasteiger partial charge in [-0.05, 0) is 19.8 Å². The summed E-state index contributed by atoms with van der Waals surface area (Å²) in [6, 6.07) is -0.129. The Morgan fingerprint density at radius 1 is 0.684 bits per heavy atom. The maximum absolute atomic E-state index is 13.4. The molecule has 1 N–H and O–H groups in total. The lowest BCUT2D eigenvalue weighted by Gasteiger charge is -2.41. The minimum Gasteiger partial charge on any atom is -0.380 e. The number of Topliss-reactive ketones (excluding diaryl/α,β-unsaturated/α-hetero) is 1. The summed E-state index contributed by atoms with van der Waals surface area (Å²) in [5.74, 6) is 0.0810. The van der Waals surface area contributed by atoms with Crippen molar-refractivity contribution in [2.24, 2.45) is 0 Å². The second-order valence-electron chi connectivity index (χ2n) is 11.9. The molecule has 2 atom stereocenters. The Labute approximate surface area is 243 Å². The van der Waals surface area contributed by atoms with E-state index < -0.39 is 5.60 Å². The van der Waals surface area contributed by atoms with Crippen LogP contribution in [0.5, 0.6) is 0 Å². The molecule has 4 nitrogen and oxygen atoms in total. The molecule has 2 unspecified atom stereocenters. The Kier molecular flexibility index (Phi) is 25.7. The maximum atomic E-state index is 13.4. The number of ketones is 1. The number of ether oxygens (including phenoxy) is 1.